The predicted octanol–water partition coefficient (Wildman–Crippen LogP) is 9.50. The Morgan fingerprint density at radius 2 is 0.903 bits per heavy atom. The van der Waals surface area contributed by atoms with Gasteiger partial charge in [0.25, 0.3) is 0 Å². The fourth-order valence-electron chi connectivity index (χ4n) is 3.65. The van der Waals surface area contributed by atoms with Crippen molar-refractivity contribution < 1.29 is 18.5 Å². The minimum absolute atomic E-state index is 0.322. The summed E-state index contributed by atoms with van der Waals surface area (Å²) in [5.41, 5.74) is 6.76. The van der Waals surface area contributed by atoms with Crippen LogP contribution >= 0.6 is 7.82 Å². The second kappa shape index (κ2) is 21.2. The van der Waals surface area contributed by atoms with Crippen LogP contribution in [0.5, 0.6) is 0 Å². The molecule has 0 aliphatic heterocycles. The maximum absolute atomic E-state index is 11.8. The van der Waals surface area contributed by atoms with E-state index in [1.807, 2.05) is 0 Å². The summed E-state index contributed by atoms with van der Waals surface area (Å²) in [6.07, 6.45) is 24.0. The van der Waals surface area contributed by atoms with Crippen molar-refractivity contribution in [3.63, 3.8) is 0 Å². The molecule has 0 saturated heterocycles. The van der Waals surface area contributed by atoms with Gasteiger partial charge in [-0.05, 0) is 0 Å². The Kier molecular flexibility index (Phi) is 21.7. The summed E-state index contributed by atoms with van der Waals surface area (Å²) in [4.78, 5) is 9.69. The van der Waals surface area contributed by atoms with Crippen molar-refractivity contribution in [3.8, 4) is 0 Å². The third-order valence-corrected chi connectivity index (χ3v) is 9.98. The van der Waals surface area contributed by atoms with E-state index in [1.165, 1.54) is 103 Å². The van der Waals surface area contributed by atoms with Gasteiger partial charge in [0, 0.05) is 0 Å². The topological polar surface area (TPSA) is 55.8 Å². The van der Waals surface area contributed by atoms with Crippen LogP contribution in [0.4, 0.5) is 0 Å². The first-order valence-electron chi connectivity index (χ1n) is 13.2. The molecule has 31 heavy (non-hydrogen) atoms. The van der Waals surface area contributed by atoms with Gasteiger partial charge < -0.3 is 0 Å². The molecular weight excluding hydrogens is 470 g/mol. The predicted molar refractivity (Wildman–Crippen MR) is 139 cm³/mol. The Bertz CT molecular complexity index is 426. The molecule has 1 N–H and O–H groups in total. The molecule has 0 bridgehead atoms. The molecule has 0 aliphatic carbocycles. The van der Waals surface area contributed by atoms with Crippen LogP contribution in [0.2, 0.25) is 22.3 Å². The molecule has 1 atom stereocenters. The summed E-state index contributed by atoms with van der Waals surface area (Å²) in [5.74, 6) is 0. The second-order valence-electron chi connectivity index (χ2n) is 10.2. The standard InChI is InChI=1S/C25H55AsO4P/c1-5-6-7-8-9-10-11-12-13-14-15-16-17-18-19-20-21-22-24-29-31(27,28)30-25-23-26(2,3)4/h5-25H2,1-4H3,(H,27,28). The zero-order chi connectivity index (χ0) is 23.3. The fraction of sp³-hybridized carbons (Fsp3) is 1.00. The molecule has 1 unspecified atom stereocenters. The molecule has 0 aliphatic rings. The van der Waals surface area contributed by atoms with Gasteiger partial charge in [0.1, 0.15) is 0 Å². The number of hydrogen-bond acceptors (Lipinski definition) is 3. The second-order valence-corrected chi connectivity index (χ2v) is 22.2. The van der Waals surface area contributed by atoms with Crippen LogP contribution in [0.15, 0.2) is 0 Å². The molecule has 0 aromatic rings. The van der Waals surface area contributed by atoms with E-state index in [0.29, 0.717) is 13.2 Å². The summed E-state index contributed by atoms with van der Waals surface area (Å²) < 4.78 is 22.0. The first-order valence-corrected chi connectivity index (χ1v) is 21.6. The van der Waals surface area contributed by atoms with E-state index in [-0.39, 0.29) is 0 Å². The van der Waals surface area contributed by atoms with E-state index >= 15 is 0 Å². The molecule has 0 heterocycles. The Balaban J connectivity index is 3.25. The van der Waals surface area contributed by atoms with Gasteiger partial charge in [0.05, 0.1) is 0 Å². The number of rotatable bonds is 24. The van der Waals surface area contributed by atoms with Crippen LogP contribution in [0.1, 0.15) is 122 Å². The minimum atomic E-state index is -3.84. The van der Waals surface area contributed by atoms with Crippen molar-refractivity contribution in [1.29, 1.82) is 0 Å². The van der Waals surface area contributed by atoms with Crippen LogP contribution in [0.3, 0.4) is 0 Å². The summed E-state index contributed by atoms with van der Waals surface area (Å²) in [7, 11) is -3.84. The summed E-state index contributed by atoms with van der Waals surface area (Å²) in [5, 5.41) is 0.908. The Morgan fingerprint density at radius 3 is 1.26 bits per heavy atom. The summed E-state index contributed by atoms with van der Waals surface area (Å²) >= 11 is -1.57. The molecule has 0 amide bonds. The van der Waals surface area contributed by atoms with Crippen molar-refractivity contribution in [2.45, 2.75) is 145 Å². The Labute approximate surface area is 197 Å². The van der Waals surface area contributed by atoms with Gasteiger partial charge in [-0.3, -0.25) is 0 Å². The third-order valence-electron chi connectivity index (χ3n) is 5.77. The number of unbranched alkanes of at least 4 members (excludes halogenated alkanes) is 17. The average molecular weight is 526 g/mol. The number of hydrogen-bond donors (Lipinski definition) is 1. The molecule has 1 radical (unpaired) electrons. The van der Waals surface area contributed by atoms with Gasteiger partial charge in [-0.2, -0.15) is 0 Å². The van der Waals surface area contributed by atoms with Crippen LogP contribution in [0, 0.1) is 0 Å². The first kappa shape index (κ1) is 31.7. The summed E-state index contributed by atoms with van der Waals surface area (Å²) in [6, 6.07) is 0. The quantitative estimate of drug-likeness (QED) is 0.0774. The van der Waals surface area contributed by atoms with Crippen molar-refractivity contribution >= 4 is 21.4 Å². The molecule has 0 spiro atoms. The van der Waals surface area contributed by atoms with E-state index in [1.54, 1.807) is 0 Å². The monoisotopic (exact) mass is 525 g/mol. The zero-order valence-electron chi connectivity index (χ0n) is 21.4. The first-order chi connectivity index (χ1) is 14.8. The van der Waals surface area contributed by atoms with Gasteiger partial charge in [0.2, 0.25) is 0 Å². The SMILES string of the molecule is CCCCCCCCCCCCCCCCCCCCOP(=O)(O)OCC[As](C)(C)C. The van der Waals surface area contributed by atoms with Crippen LogP contribution < -0.4 is 0 Å². The molecular formula is C25H55AsO4P. The average Bonchev–Trinajstić information content (AvgIpc) is 2.68. The van der Waals surface area contributed by atoms with E-state index < -0.39 is 21.4 Å². The van der Waals surface area contributed by atoms with Crippen molar-refractivity contribution in [2.75, 3.05) is 13.2 Å². The Hall–Kier alpha value is 0.668. The normalized spacial score (nSPS) is 14.1. The van der Waals surface area contributed by atoms with Gasteiger partial charge in [0.15, 0.2) is 0 Å². The van der Waals surface area contributed by atoms with E-state index in [9.17, 15) is 9.46 Å². The molecule has 0 rings (SSSR count). The zero-order valence-corrected chi connectivity index (χ0v) is 24.2. The Morgan fingerprint density at radius 1 is 0.581 bits per heavy atom. The van der Waals surface area contributed by atoms with Crippen molar-refractivity contribution in [2.24, 2.45) is 0 Å². The van der Waals surface area contributed by atoms with Crippen LogP contribution in [-0.4, -0.2) is 31.7 Å². The molecule has 0 saturated carbocycles. The molecule has 189 valence electrons. The van der Waals surface area contributed by atoms with Gasteiger partial charge >= 0.3 is 114 Å². The van der Waals surface area contributed by atoms with Crippen LogP contribution in [-0.2, 0) is 13.6 Å². The number of phosphoric ester groups is 1. The fourth-order valence-corrected chi connectivity index (χ4v) is 6.06. The molecule has 0 fully saturated rings. The molecule has 4 nitrogen and oxygen atoms in total. The van der Waals surface area contributed by atoms with E-state index in [2.05, 4.69) is 24.1 Å². The van der Waals surface area contributed by atoms with Crippen molar-refractivity contribution in [3.05, 3.63) is 0 Å². The van der Waals surface area contributed by atoms with Crippen molar-refractivity contribution in [1.82, 2.24) is 0 Å². The van der Waals surface area contributed by atoms with Gasteiger partial charge in [-0.15, -0.1) is 0 Å². The number of phosphoric acid groups is 1. The van der Waals surface area contributed by atoms with E-state index in [4.69, 9.17) is 9.05 Å². The van der Waals surface area contributed by atoms with Gasteiger partial charge in [-0.1, -0.05) is 84.0 Å². The molecule has 0 aromatic carbocycles. The third kappa shape index (κ3) is 26.8. The van der Waals surface area contributed by atoms with E-state index in [0.717, 1.165) is 18.1 Å². The molecule has 6 heteroatoms. The van der Waals surface area contributed by atoms with Crippen LogP contribution in [0.25, 0.3) is 0 Å². The summed E-state index contributed by atoms with van der Waals surface area (Å²) in [6.45, 7) is 2.94. The van der Waals surface area contributed by atoms with Gasteiger partial charge in [-0.25, -0.2) is 0 Å². The maximum atomic E-state index is 11.8. The molecule has 0 aromatic heterocycles.